The molecule has 3 aliphatic rings. The monoisotopic (exact) mass is 279 g/mol. The van der Waals surface area contributed by atoms with Gasteiger partial charge in [-0.25, -0.2) is 0 Å². The lowest BCUT2D eigenvalue weighted by Crippen LogP contribution is -2.51. The lowest BCUT2D eigenvalue weighted by molar-refractivity contribution is -0.132. The standard InChI is InChI=1S/C16H29N3O/c1-2-7-19(12-16(20)18-8-3-4-9-18)15-10-13-5-6-14(11-15)17-13/h13-15,17H,2-12H2,1H3. The van der Waals surface area contributed by atoms with Crippen LogP contribution in [-0.4, -0.2) is 60.0 Å². The van der Waals surface area contributed by atoms with Gasteiger partial charge in [0.05, 0.1) is 6.54 Å². The van der Waals surface area contributed by atoms with E-state index in [1.807, 2.05) is 0 Å². The number of hydrogen-bond acceptors (Lipinski definition) is 3. The predicted molar refractivity (Wildman–Crippen MR) is 80.6 cm³/mol. The number of carbonyl (C=O) groups is 1. The van der Waals surface area contributed by atoms with Crippen molar-refractivity contribution in [3.63, 3.8) is 0 Å². The minimum absolute atomic E-state index is 0.363. The maximum absolute atomic E-state index is 12.4. The van der Waals surface area contributed by atoms with Gasteiger partial charge in [0.15, 0.2) is 0 Å². The summed E-state index contributed by atoms with van der Waals surface area (Å²) in [6, 6.07) is 2.04. The van der Waals surface area contributed by atoms with Gasteiger partial charge >= 0.3 is 0 Å². The molecule has 0 aromatic heterocycles. The van der Waals surface area contributed by atoms with E-state index in [-0.39, 0.29) is 0 Å². The van der Waals surface area contributed by atoms with Gasteiger partial charge in [-0.2, -0.15) is 0 Å². The smallest absolute Gasteiger partial charge is 0.236 e. The molecule has 0 radical (unpaired) electrons. The molecule has 114 valence electrons. The van der Waals surface area contributed by atoms with E-state index in [2.05, 4.69) is 22.0 Å². The van der Waals surface area contributed by atoms with Gasteiger partial charge in [-0.05, 0) is 51.5 Å². The molecule has 2 atom stereocenters. The van der Waals surface area contributed by atoms with E-state index in [9.17, 15) is 4.79 Å². The molecule has 4 nitrogen and oxygen atoms in total. The van der Waals surface area contributed by atoms with Crippen LogP contribution in [-0.2, 0) is 4.79 Å². The molecule has 2 bridgehead atoms. The van der Waals surface area contributed by atoms with E-state index in [0.717, 1.165) is 26.1 Å². The van der Waals surface area contributed by atoms with Crippen molar-refractivity contribution in [2.75, 3.05) is 26.2 Å². The molecule has 3 heterocycles. The van der Waals surface area contributed by atoms with Crippen molar-refractivity contribution in [3.8, 4) is 0 Å². The Kier molecular flexibility index (Phi) is 4.61. The number of hydrogen-bond donors (Lipinski definition) is 1. The van der Waals surface area contributed by atoms with Gasteiger partial charge in [-0.15, -0.1) is 0 Å². The van der Waals surface area contributed by atoms with Crippen molar-refractivity contribution in [2.45, 2.75) is 70.0 Å². The van der Waals surface area contributed by atoms with Gasteiger partial charge in [0.2, 0.25) is 5.91 Å². The summed E-state index contributed by atoms with van der Waals surface area (Å²) >= 11 is 0. The van der Waals surface area contributed by atoms with Crippen LogP contribution in [0.25, 0.3) is 0 Å². The Labute approximate surface area is 122 Å². The maximum atomic E-state index is 12.4. The second-order valence-electron chi connectivity index (χ2n) is 6.82. The zero-order valence-corrected chi connectivity index (χ0v) is 12.8. The summed E-state index contributed by atoms with van der Waals surface area (Å²) in [7, 11) is 0. The molecule has 1 amide bonds. The average molecular weight is 279 g/mol. The Bertz CT molecular complexity index is 329. The Balaban J connectivity index is 1.58. The van der Waals surface area contributed by atoms with Crippen LogP contribution < -0.4 is 5.32 Å². The van der Waals surface area contributed by atoms with Gasteiger partial charge in [0.1, 0.15) is 0 Å². The summed E-state index contributed by atoms with van der Waals surface area (Å²) in [5.41, 5.74) is 0. The van der Waals surface area contributed by atoms with Crippen LogP contribution in [0.15, 0.2) is 0 Å². The molecule has 3 saturated heterocycles. The minimum Gasteiger partial charge on any atom is -0.342 e. The number of likely N-dealkylation sites (tertiary alicyclic amines) is 1. The van der Waals surface area contributed by atoms with Crippen LogP contribution in [0, 0.1) is 0 Å². The average Bonchev–Trinajstić information content (AvgIpc) is 3.08. The Morgan fingerprint density at radius 3 is 2.45 bits per heavy atom. The highest BCUT2D eigenvalue weighted by atomic mass is 16.2. The molecule has 0 aromatic carbocycles. The lowest BCUT2D eigenvalue weighted by Gasteiger charge is -2.38. The number of carbonyl (C=O) groups excluding carboxylic acids is 1. The Morgan fingerprint density at radius 2 is 1.85 bits per heavy atom. The lowest BCUT2D eigenvalue weighted by atomic mass is 9.98. The molecule has 0 aromatic rings. The minimum atomic E-state index is 0.363. The van der Waals surface area contributed by atoms with Gasteiger partial charge in [0.25, 0.3) is 0 Å². The van der Waals surface area contributed by atoms with Crippen molar-refractivity contribution in [3.05, 3.63) is 0 Å². The fourth-order valence-electron chi connectivity index (χ4n) is 4.24. The quantitative estimate of drug-likeness (QED) is 0.830. The fourth-order valence-corrected chi connectivity index (χ4v) is 4.24. The molecule has 0 saturated carbocycles. The largest absolute Gasteiger partial charge is 0.342 e. The number of nitrogens with one attached hydrogen (secondary N) is 1. The third kappa shape index (κ3) is 3.17. The Hall–Kier alpha value is -0.610. The van der Waals surface area contributed by atoms with E-state index in [1.165, 1.54) is 38.5 Å². The number of amides is 1. The van der Waals surface area contributed by atoms with Crippen LogP contribution in [0.1, 0.15) is 51.9 Å². The molecule has 20 heavy (non-hydrogen) atoms. The van der Waals surface area contributed by atoms with Crippen molar-refractivity contribution >= 4 is 5.91 Å². The third-order valence-corrected chi connectivity index (χ3v) is 5.27. The summed E-state index contributed by atoms with van der Waals surface area (Å²) < 4.78 is 0. The first-order valence-electron chi connectivity index (χ1n) is 8.54. The van der Waals surface area contributed by atoms with Crippen LogP contribution >= 0.6 is 0 Å². The summed E-state index contributed by atoms with van der Waals surface area (Å²) in [6.07, 6.45) is 8.68. The second-order valence-corrected chi connectivity index (χ2v) is 6.82. The molecule has 4 heteroatoms. The highest BCUT2D eigenvalue weighted by Gasteiger charge is 2.36. The predicted octanol–water partition coefficient (Wildman–Crippen LogP) is 1.60. The molecule has 1 N–H and O–H groups in total. The van der Waals surface area contributed by atoms with Crippen LogP contribution in [0.5, 0.6) is 0 Å². The summed E-state index contributed by atoms with van der Waals surface area (Å²) in [5.74, 6) is 0.363. The first-order valence-corrected chi connectivity index (χ1v) is 8.54. The molecular formula is C16H29N3O. The van der Waals surface area contributed by atoms with Crippen molar-refractivity contribution in [2.24, 2.45) is 0 Å². The van der Waals surface area contributed by atoms with Crippen LogP contribution in [0.4, 0.5) is 0 Å². The molecule has 3 aliphatic heterocycles. The zero-order valence-electron chi connectivity index (χ0n) is 12.8. The number of fused-ring (bicyclic) bond motifs is 2. The number of nitrogens with zero attached hydrogens (tertiary/aromatic N) is 2. The molecule has 0 aliphatic carbocycles. The maximum Gasteiger partial charge on any atom is 0.236 e. The number of rotatable bonds is 5. The zero-order chi connectivity index (χ0) is 13.9. The molecule has 3 rings (SSSR count). The van der Waals surface area contributed by atoms with Crippen LogP contribution in [0.2, 0.25) is 0 Å². The van der Waals surface area contributed by atoms with E-state index >= 15 is 0 Å². The van der Waals surface area contributed by atoms with E-state index in [1.54, 1.807) is 0 Å². The normalized spacial score (nSPS) is 33.1. The van der Waals surface area contributed by atoms with Crippen molar-refractivity contribution in [1.29, 1.82) is 0 Å². The molecule has 2 unspecified atom stereocenters. The molecule has 3 fully saturated rings. The summed E-state index contributed by atoms with van der Waals surface area (Å²) in [5, 5.41) is 3.70. The van der Waals surface area contributed by atoms with Gasteiger partial charge in [-0.1, -0.05) is 6.92 Å². The summed E-state index contributed by atoms with van der Waals surface area (Å²) in [6.45, 7) is 5.91. The van der Waals surface area contributed by atoms with E-state index in [0.29, 0.717) is 30.6 Å². The van der Waals surface area contributed by atoms with Gasteiger partial charge < -0.3 is 10.2 Å². The first kappa shape index (κ1) is 14.3. The third-order valence-electron chi connectivity index (χ3n) is 5.27. The number of piperidine rings is 1. The second kappa shape index (κ2) is 6.44. The SMILES string of the molecule is CCCN(CC(=O)N1CCCC1)C1CC2CCC(C1)N2. The van der Waals surface area contributed by atoms with Gasteiger partial charge in [-0.3, -0.25) is 9.69 Å². The van der Waals surface area contributed by atoms with Crippen molar-refractivity contribution < 1.29 is 4.79 Å². The topological polar surface area (TPSA) is 35.6 Å². The van der Waals surface area contributed by atoms with Crippen molar-refractivity contribution in [1.82, 2.24) is 15.1 Å². The van der Waals surface area contributed by atoms with Crippen LogP contribution in [0.3, 0.4) is 0 Å². The first-order chi connectivity index (χ1) is 9.76. The van der Waals surface area contributed by atoms with E-state index < -0.39 is 0 Å². The van der Waals surface area contributed by atoms with E-state index in [4.69, 9.17) is 0 Å². The highest BCUT2D eigenvalue weighted by molar-refractivity contribution is 5.78. The molecular weight excluding hydrogens is 250 g/mol. The highest BCUT2D eigenvalue weighted by Crippen LogP contribution is 2.30. The fraction of sp³-hybridized carbons (Fsp3) is 0.938. The molecule has 0 spiro atoms. The Morgan fingerprint density at radius 1 is 1.20 bits per heavy atom. The van der Waals surface area contributed by atoms with Gasteiger partial charge in [0, 0.05) is 31.2 Å². The summed E-state index contributed by atoms with van der Waals surface area (Å²) in [4.78, 5) is 17.0.